The van der Waals surface area contributed by atoms with Crippen molar-refractivity contribution in [3.8, 4) is 0 Å². The molecule has 11 atom stereocenters. The molecule has 0 aromatic rings. The first-order valence-corrected chi connectivity index (χ1v) is 15.9. The Morgan fingerprint density at radius 3 is 2.07 bits per heavy atom. The monoisotopic (exact) mass is 654 g/mol. The van der Waals surface area contributed by atoms with Gasteiger partial charge in [-0.1, -0.05) is 0 Å². The fraction of sp³-hybridized carbons (Fsp3) is 0.931. The zero-order valence-corrected chi connectivity index (χ0v) is 26.0. The third-order valence-corrected chi connectivity index (χ3v) is 7.79. The van der Waals surface area contributed by atoms with Crippen molar-refractivity contribution < 1.29 is 69.4 Å². The topological polar surface area (TPSA) is 257 Å². The Balaban J connectivity index is 1.45. The van der Waals surface area contributed by atoms with E-state index in [1.54, 1.807) is 0 Å². The van der Waals surface area contributed by atoms with Gasteiger partial charge in [0.05, 0.1) is 25.4 Å². The number of carbonyl (C=O) groups is 2. The maximum atomic E-state index is 12.2. The number of rotatable bonds is 19. The first kappa shape index (κ1) is 39.6. The van der Waals surface area contributed by atoms with E-state index in [0.717, 1.165) is 19.3 Å². The Labute approximate surface area is 263 Å². The third kappa shape index (κ3) is 14.4. The molecule has 0 saturated carbocycles. The SMILES string of the molecule is CC(CCCCNC(=O)CCCCOC1OC(CO)C(O)C(O)C1O)NC(=O)CCCCOC1OCC(O)CC(O)C(O)C1O. The highest BCUT2D eigenvalue weighted by Crippen LogP contribution is 2.22. The lowest BCUT2D eigenvalue weighted by atomic mass is 9.99. The van der Waals surface area contributed by atoms with Gasteiger partial charge < -0.3 is 70.4 Å². The Morgan fingerprint density at radius 2 is 1.40 bits per heavy atom. The minimum Gasteiger partial charge on any atom is -0.394 e. The van der Waals surface area contributed by atoms with Crippen molar-refractivity contribution in [2.24, 2.45) is 0 Å². The van der Waals surface area contributed by atoms with E-state index in [1.165, 1.54) is 0 Å². The predicted octanol–water partition coefficient (Wildman–Crippen LogP) is -2.86. The average molecular weight is 655 g/mol. The summed E-state index contributed by atoms with van der Waals surface area (Å²) in [5.41, 5.74) is 0. The summed E-state index contributed by atoms with van der Waals surface area (Å²) < 4.78 is 21.4. The lowest BCUT2D eigenvalue weighted by Crippen LogP contribution is -2.59. The Bertz CT molecular complexity index is 839. The summed E-state index contributed by atoms with van der Waals surface area (Å²) in [6.45, 7) is 2.06. The van der Waals surface area contributed by atoms with Gasteiger partial charge in [-0.25, -0.2) is 0 Å². The van der Waals surface area contributed by atoms with E-state index in [1.807, 2.05) is 6.92 Å². The second-order valence-electron chi connectivity index (χ2n) is 11.8. The molecule has 2 aliphatic rings. The molecule has 2 saturated heterocycles. The van der Waals surface area contributed by atoms with Crippen molar-refractivity contribution in [3.05, 3.63) is 0 Å². The Morgan fingerprint density at radius 1 is 0.778 bits per heavy atom. The van der Waals surface area contributed by atoms with Gasteiger partial charge in [-0.15, -0.1) is 0 Å². The molecular formula is C29H54N2O14. The maximum Gasteiger partial charge on any atom is 0.220 e. The number of hydrogen-bond acceptors (Lipinski definition) is 14. The molecule has 0 aromatic heterocycles. The van der Waals surface area contributed by atoms with Crippen LogP contribution in [0.2, 0.25) is 0 Å². The van der Waals surface area contributed by atoms with E-state index >= 15 is 0 Å². The van der Waals surface area contributed by atoms with E-state index in [2.05, 4.69) is 10.6 Å². The van der Waals surface area contributed by atoms with Gasteiger partial charge >= 0.3 is 0 Å². The average Bonchev–Trinajstić information content (AvgIpc) is 3.00. The molecule has 0 aliphatic carbocycles. The highest BCUT2D eigenvalue weighted by atomic mass is 16.7. The van der Waals surface area contributed by atoms with E-state index in [-0.39, 0.29) is 56.9 Å². The van der Waals surface area contributed by atoms with Crippen LogP contribution < -0.4 is 10.6 Å². The highest BCUT2D eigenvalue weighted by molar-refractivity contribution is 5.76. The number of ether oxygens (including phenoxy) is 4. The second-order valence-corrected chi connectivity index (χ2v) is 11.8. The van der Waals surface area contributed by atoms with Crippen molar-refractivity contribution in [2.45, 2.75) is 139 Å². The van der Waals surface area contributed by atoms with Gasteiger partial charge in [-0.05, 0) is 51.9 Å². The van der Waals surface area contributed by atoms with E-state index in [4.69, 9.17) is 18.9 Å². The summed E-state index contributed by atoms with van der Waals surface area (Å²) >= 11 is 0. The minimum absolute atomic E-state index is 0.0361. The van der Waals surface area contributed by atoms with Gasteiger partial charge in [0.25, 0.3) is 0 Å². The van der Waals surface area contributed by atoms with Crippen LogP contribution in [0.15, 0.2) is 0 Å². The van der Waals surface area contributed by atoms with Gasteiger partial charge in [0.1, 0.15) is 36.6 Å². The van der Waals surface area contributed by atoms with Gasteiger partial charge in [-0.3, -0.25) is 9.59 Å². The van der Waals surface area contributed by atoms with E-state index in [0.29, 0.717) is 32.2 Å². The molecule has 2 heterocycles. The lowest BCUT2D eigenvalue weighted by Gasteiger charge is -2.39. The van der Waals surface area contributed by atoms with Crippen LogP contribution in [-0.4, -0.2) is 153 Å². The van der Waals surface area contributed by atoms with Crippen molar-refractivity contribution in [2.75, 3.05) is 33.0 Å². The van der Waals surface area contributed by atoms with E-state index in [9.17, 15) is 50.4 Å². The lowest BCUT2D eigenvalue weighted by molar-refractivity contribution is -0.301. The van der Waals surface area contributed by atoms with Gasteiger partial charge in [0.2, 0.25) is 11.8 Å². The molecule has 10 N–H and O–H groups in total. The number of aliphatic hydroxyl groups is 8. The fourth-order valence-electron chi connectivity index (χ4n) is 5.02. The summed E-state index contributed by atoms with van der Waals surface area (Å²) in [6, 6.07) is -0.0361. The van der Waals surface area contributed by atoms with Crippen LogP contribution in [0.4, 0.5) is 0 Å². The molecular weight excluding hydrogens is 600 g/mol. The number of nitrogens with one attached hydrogen (secondary N) is 2. The molecule has 45 heavy (non-hydrogen) atoms. The van der Waals surface area contributed by atoms with Crippen LogP contribution in [0.25, 0.3) is 0 Å². The van der Waals surface area contributed by atoms with Crippen LogP contribution >= 0.6 is 0 Å². The minimum atomic E-state index is -1.51. The zero-order valence-electron chi connectivity index (χ0n) is 26.0. The van der Waals surface area contributed by atoms with Crippen LogP contribution in [0, 0.1) is 0 Å². The van der Waals surface area contributed by atoms with Crippen LogP contribution in [0.1, 0.15) is 71.1 Å². The van der Waals surface area contributed by atoms with E-state index < -0.39 is 68.0 Å². The molecule has 2 rings (SSSR count). The van der Waals surface area contributed by atoms with Crippen molar-refractivity contribution >= 4 is 11.8 Å². The molecule has 16 heteroatoms. The molecule has 0 radical (unpaired) electrons. The van der Waals surface area contributed by atoms with Crippen molar-refractivity contribution in [1.82, 2.24) is 10.6 Å². The molecule has 264 valence electrons. The normalized spacial score (nSPS) is 33.2. The molecule has 0 aromatic carbocycles. The zero-order chi connectivity index (χ0) is 33.4. The number of aliphatic hydroxyl groups excluding tert-OH is 8. The molecule has 0 spiro atoms. The molecule has 2 aliphatic heterocycles. The summed E-state index contributed by atoms with van der Waals surface area (Å²) in [6.07, 6.45) is -8.23. The quantitative estimate of drug-likeness (QED) is 0.0629. The largest absolute Gasteiger partial charge is 0.394 e. The van der Waals surface area contributed by atoms with Crippen molar-refractivity contribution in [1.29, 1.82) is 0 Å². The number of amides is 2. The standard InChI is InChI=1S/C29H54N2O14/c1-17(31-22(36)10-4-7-12-42-28-26(40)23(37)19(34)14-18(33)16-44-28)8-2-5-11-30-21(35)9-3-6-13-43-29-27(41)25(39)24(38)20(15-32)45-29/h17-20,23-29,32-34,37-41H,2-16H2,1H3,(H,30,35)(H,31,36). The summed E-state index contributed by atoms with van der Waals surface area (Å²) in [4.78, 5) is 24.3. The number of hydrogen-bond donors (Lipinski definition) is 10. The Hall–Kier alpha value is -1.54. The molecule has 16 nitrogen and oxygen atoms in total. The Kier molecular flexibility index (Phi) is 18.8. The summed E-state index contributed by atoms with van der Waals surface area (Å²) in [5.74, 6) is -0.203. The summed E-state index contributed by atoms with van der Waals surface area (Å²) in [7, 11) is 0. The molecule has 2 amide bonds. The molecule has 2 fully saturated rings. The molecule has 11 unspecified atom stereocenters. The molecule has 0 bridgehead atoms. The second kappa shape index (κ2) is 21.4. The van der Waals surface area contributed by atoms with Gasteiger partial charge in [0.15, 0.2) is 12.6 Å². The summed E-state index contributed by atoms with van der Waals surface area (Å²) in [5, 5.41) is 84.2. The van der Waals surface area contributed by atoms with Gasteiger partial charge in [0, 0.05) is 45.1 Å². The maximum absolute atomic E-state index is 12.2. The van der Waals surface area contributed by atoms with Gasteiger partial charge in [-0.2, -0.15) is 0 Å². The van der Waals surface area contributed by atoms with Crippen LogP contribution in [0.5, 0.6) is 0 Å². The highest BCUT2D eigenvalue weighted by Gasteiger charge is 2.44. The first-order chi connectivity index (χ1) is 21.4. The third-order valence-electron chi connectivity index (χ3n) is 7.79. The van der Waals surface area contributed by atoms with Crippen LogP contribution in [-0.2, 0) is 28.5 Å². The van der Waals surface area contributed by atoms with Crippen molar-refractivity contribution in [3.63, 3.8) is 0 Å². The number of carbonyl (C=O) groups excluding carboxylic acids is 2. The predicted molar refractivity (Wildman–Crippen MR) is 156 cm³/mol. The number of unbranched alkanes of at least 4 members (excludes halogenated alkanes) is 3. The smallest absolute Gasteiger partial charge is 0.220 e. The first-order valence-electron chi connectivity index (χ1n) is 15.9. The fourth-order valence-corrected chi connectivity index (χ4v) is 5.02. The van der Waals surface area contributed by atoms with Crippen LogP contribution in [0.3, 0.4) is 0 Å².